The standard InChI is InChI=1S/C19H29ClN2O2/c1-2-12-24-19-14-17(21)16(20)13-15(19)18(23)8-4-7-11-22-9-5-3-6-10-22/h13-14H,2-12,21H2,1H3. The van der Waals surface area contributed by atoms with Crippen LogP contribution < -0.4 is 10.5 Å². The summed E-state index contributed by atoms with van der Waals surface area (Å²) in [6.07, 6.45) is 7.32. The van der Waals surface area contributed by atoms with Crippen LogP contribution in [0.25, 0.3) is 0 Å². The molecule has 0 radical (unpaired) electrons. The van der Waals surface area contributed by atoms with E-state index >= 15 is 0 Å². The Balaban J connectivity index is 1.87. The molecule has 2 N–H and O–H groups in total. The van der Waals surface area contributed by atoms with Crippen LogP contribution in [0.1, 0.15) is 62.2 Å². The largest absolute Gasteiger partial charge is 0.493 e. The number of nitrogen functional groups attached to an aromatic ring is 1. The molecule has 1 fully saturated rings. The number of ketones is 1. The molecule has 4 nitrogen and oxygen atoms in total. The minimum atomic E-state index is 0.0849. The van der Waals surface area contributed by atoms with Crippen LogP contribution in [0.4, 0.5) is 5.69 Å². The van der Waals surface area contributed by atoms with E-state index in [2.05, 4.69) is 4.90 Å². The van der Waals surface area contributed by atoms with E-state index in [9.17, 15) is 4.79 Å². The second-order valence-corrected chi connectivity index (χ2v) is 6.91. The van der Waals surface area contributed by atoms with E-state index in [1.54, 1.807) is 12.1 Å². The maximum Gasteiger partial charge on any atom is 0.166 e. The Kier molecular flexibility index (Phi) is 7.86. The van der Waals surface area contributed by atoms with Gasteiger partial charge in [-0.3, -0.25) is 4.79 Å². The molecular formula is C19H29ClN2O2. The minimum absolute atomic E-state index is 0.0849. The number of likely N-dealkylation sites (tertiary alicyclic amines) is 1. The SMILES string of the molecule is CCCOc1cc(N)c(Cl)cc1C(=O)CCCCN1CCCCC1. The monoisotopic (exact) mass is 352 g/mol. The third-order valence-corrected chi connectivity index (χ3v) is 4.77. The fourth-order valence-corrected chi connectivity index (χ4v) is 3.22. The molecule has 134 valence electrons. The molecule has 0 aliphatic carbocycles. The van der Waals surface area contributed by atoms with Gasteiger partial charge in [0.25, 0.3) is 0 Å². The van der Waals surface area contributed by atoms with E-state index in [0.29, 0.717) is 35.1 Å². The van der Waals surface area contributed by atoms with Gasteiger partial charge in [-0.25, -0.2) is 0 Å². The van der Waals surface area contributed by atoms with Crippen molar-refractivity contribution in [1.29, 1.82) is 0 Å². The van der Waals surface area contributed by atoms with E-state index < -0.39 is 0 Å². The van der Waals surface area contributed by atoms with Crippen LogP contribution in [0.3, 0.4) is 0 Å². The molecule has 0 saturated carbocycles. The van der Waals surface area contributed by atoms with Gasteiger partial charge in [-0.15, -0.1) is 0 Å². The Morgan fingerprint density at radius 2 is 2.00 bits per heavy atom. The lowest BCUT2D eigenvalue weighted by atomic mass is 10.0. The summed E-state index contributed by atoms with van der Waals surface area (Å²) in [5.41, 5.74) is 6.84. The number of carbonyl (C=O) groups is 1. The first kappa shape index (κ1) is 19.1. The Labute approximate surface area is 150 Å². The number of rotatable bonds is 9. The van der Waals surface area contributed by atoms with Gasteiger partial charge in [-0.05, 0) is 57.8 Å². The van der Waals surface area contributed by atoms with Crippen LogP contribution in [0.5, 0.6) is 5.75 Å². The van der Waals surface area contributed by atoms with E-state index in [0.717, 1.165) is 25.8 Å². The van der Waals surface area contributed by atoms with Gasteiger partial charge in [0.1, 0.15) is 5.75 Å². The highest BCUT2D eigenvalue weighted by molar-refractivity contribution is 6.33. The molecule has 1 saturated heterocycles. The van der Waals surface area contributed by atoms with Gasteiger partial charge in [0.05, 0.1) is 22.9 Å². The van der Waals surface area contributed by atoms with Crippen molar-refractivity contribution in [3.63, 3.8) is 0 Å². The van der Waals surface area contributed by atoms with Crippen LogP contribution >= 0.6 is 11.6 Å². The summed E-state index contributed by atoms with van der Waals surface area (Å²) in [5, 5.41) is 0.413. The smallest absolute Gasteiger partial charge is 0.166 e. The predicted octanol–water partition coefficient (Wildman–Crippen LogP) is 4.55. The van der Waals surface area contributed by atoms with Gasteiger partial charge in [0.15, 0.2) is 5.78 Å². The lowest BCUT2D eigenvalue weighted by molar-refractivity contribution is 0.0973. The molecule has 1 heterocycles. The highest BCUT2D eigenvalue weighted by Gasteiger charge is 2.16. The Bertz CT molecular complexity index is 542. The van der Waals surface area contributed by atoms with Crippen molar-refractivity contribution < 1.29 is 9.53 Å². The first-order valence-corrected chi connectivity index (χ1v) is 9.47. The normalized spacial score (nSPS) is 15.4. The molecule has 5 heteroatoms. The number of hydrogen-bond acceptors (Lipinski definition) is 4. The van der Waals surface area contributed by atoms with Crippen LogP contribution in [0.15, 0.2) is 12.1 Å². The number of benzene rings is 1. The zero-order valence-electron chi connectivity index (χ0n) is 14.7. The number of hydrogen-bond donors (Lipinski definition) is 1. The number of ether oxygens (including phenoxy) is 1. The van der Waals surface area contributed by atoms with Gasteiger partial charge in [-0.1, -0.05) is 24.9 Å². The molecule has 1 aliphatic heterocycles. The van der Waals surface area contributed by atoms with Gasteiger partial charge in [0.2, 0.25) is 0 Å². The highest BCUT2D eigenvalue weighted by Crippen LogP contribution is 2.30. The summed E-state index contributed by atoms with van der Waals surface area (Å²) in [5.74, 6) is 0.640. The molecule has 0 amide bonds. The third-order valence-electron chi connectivity index (χ3n) is 4.44. The van der Waals surface area contributed by atoms with Crippen molar-refractivity contribution in [2.45, 2.75) is 51.9 Å². The number of unbranched alkanes of at least 4 members (excludes halogenated alkanes) is 1. The lowest BCUT2D eigenvalue weighted by Gasteiger charge is -2.26. The second-order valence-electron chi connectivity index (χ2n) is 6.50. The molecule has 0 aromatic heterocycles. The molecule has 1 aromatic carbocycles. The van der Waals surface area contributed by atoms with Gasteiger partial charge in [0, 0.05) is 12.5 Å². The van der Waals surface area contributed by atoms with E-state index in [1.807, 2.05) is 6.92 Å². The minimum Gasteiger partial charge on any atom is -0.493 e. The van der Waals surface area contributed by atoms with Crippen LogP contribution in [0, 0.1) is 0 Å². The number of anilines is 1. The number of piperidine rings is 1. The Hall–Kier alpha value is -1.26. The van der Waals surface area contributed by atoms with Crippen molar-refractivity contribution >= 4 is 23.1 Å². The molecule has 0 bridgehead atoms. The molecule has 0 unspecified atom stereocenters. The first-order valence-electron chi connectivity index (χ1n) is 9.09. The fourth-order valence-electron chi connectivity index (χ4n) is 3.06. The molecule has 2 rings (SSSR count). The van der Waals surface area contributed by atoms with E-state index in [1.165, 1.54) is 32.4 Å². The van der Waals surface area contributed by atoms with Gasteiger partial charge in [-0.2, -0.15) is 0 Å². The maximum atomic E-state index is 12.6. The topological polar surface area (TPSA) is 55.6 Å². The predicted molar refractivity (Wildman–Crippen MR) is 100 cm³/mol. The average Bonchev–Trinajstić information content (AvgIpc) is 2.60. The van der Waals surface area contributed by atoms with Crippen molar-refractivity contribution in [2.24, 2.45) is 0 Å². The van der Waals surface area contributed by atoms with Crippen LogP contribution in [-0.2, 0) is 0 Å². The van der Waals surface area contributed by atoms with Crippen molar-refractivity contribution in [3.8, 4) is 5.75 Å². The van der Waals surface area contributed by atoms with Crippen molar-refractivity contribution in [3.05, 3.63) is 22.7 Å². The molecule has 0 atom stereocenters. The summed E-state index contributed by atoms with van der Waals surface area (Å²) < 4.78 is 5.68. The third kappa shape index (κ3) is 5.67. The first-order chi connectivity index (χ1) is 11.6. The summed E-state index contributed by atoms with van der Waals surface area (Å²) in [7, 11) is 0. The fraction of sp³-hybridized carbons (Fsp3) is 0.632. The van der Waals surface area contributed by atoms with Crippen molar-refractivity contribution in [2.75, 3.05) is 32.0 Å². The van der Waals surface area contributed by atoms with E-state index in [-0.39, 0.29) is 5.78 Å². The maximum absolute atomic E-state index is 12.6. The number of carbonyl (C=O) groups excluding carboxylic acids is 1. The summed E-state index contributed by atoms with van der Waals surface area (Å²) in [6.45, 7) is 6.10. The number of nitrogens with zero attached hydrogens (tertiary/aromatic N) is 1. The quantitative estimate of drug-likeness (QED) is 0.402. The van der Waals surface area contributed by atoms with Crippen LogP contribution in [-0.4, -0.2) is 36.9 Å². The molecule has 0 spiro atoms. The summed E-state index contributed by atoms with van der Waals surface area (Å²) in [6, 6.07) is 3.31. The zero-order chi connectivity index (χ0) is 17.4. The number of Topliss-reactive ketones (excluding diaryl/α,β-unsaturated/α-hetero) is 1. The highest BCUT2D eigenvalue weighted by atomic mass is 35.5. The summed E-state index contributed by atoms with van der Waals surface area (Å²) >= 11 is 6.09. The Morgan fingerprint density at radius 3 is 2.71 bits per heavy atom. The van der Waals surface area contributed by atoms with Crippen molar-refractivity contribution in [1.82, 2.24) is 4.90 Å². The second kappa shape index (κ2) is 9.90. The zero-order valence-corrected chi connectivity index (χ0v) is 15.4. The average molecular weight is 353 g/mol. The molecule has 1 aromatic rings. The molecular weight excluding hydrogens is 324 g/mol. The van der Waals surface area contributed by atoms with Crippen LogP contribution in [0.2, 0.25) is 5.02 Å². The van der Waals surface area contributed by atoms with E-state index in [4.69, 9.17) is 22.1 Å². The lowest BCUT2D eigenvalue weighted by Crippen LogP contribution is -2.30. The van der Waals surface area contributed by atoms with Gasteiger partial charge < -0.3 is 15.4 Å². The molecule has 1 aliphatic rings. The summed E-state index contributed by atoms with van der Waals surface area (Å²) in [4.78, 5) is 15.1. The number of nitrogens with two attached hydrogens (primary N) is 1. The Morgan fingerprint density at radius 1 is 1.25 bits per heavy atom. The number of halogens is 1. The molecule has 24 heavy (non-hydrogen) atoms. The van der Waals surface area contributed by atoms with Gasteiger partial charge >= 0.3 is 0 Å².